The first kappa shape index (κ1) is 24.0. The molecule has 32 heavy (non-hydrogen) atoms. The molecular formula is C25H23BrCl3NO2. The van der Waals surface area contributed by atoms with E-state index in [2.05, 4.69) is 33.4 Å². The Labute approximate surface area is 212 Å². The van der Waals surface area contributed by atoms with Crippen molar-refractivity contribution in [2.45, 2.75) is 31.3 Å². The maximum Gasteiger partial charge on any atom is 0.122 e. The smallest absolute Gasteiger partial charge is 0.122 e. The first-order valence-electron chi connectivity index (χ1n) is 10.4. The van der Waals surface area contributed by atoms with Crippen LogP contribution in [0.1, 0.15) is 23.1 Å². The van der Waals surface area contributed by atoms with E-state index in [-0.39, 0.29) is 6.10 Å². The van der Waals surface area contributed by atoms with Gasteiger partial charge in [0.25, 0.3) is 0 Å². The maximum absolute atomic E-state index is 6.71. The van der Waals surface area contributed by atoms with Gasteiger partial charge in [0.05, 0.1) is 23.3 Å². The minimum atomic E-state index is -0.617. The molecule has 2 atom stereocenters. The molecule has 1 fully saturated rings. The third-order valence-electron chi connectivity index (χ3n) is 5.68. The Bertz CT molecular complexity index is 1060. The van der Waals surface area contributed by atoms with E-state index in [9.17, 15) is 0 Å². The van der Waals surface area contributed by atoms with Crippen LogP contribution in [-0.2, 0) is 28.3 Å². The normalized spacial score (nSPS) is 20.9. The lowest BCUT2D eigenvalue weighted by Crippen LogP contribution is -2.54. The lowest BCUT2D eigenvalue weighted by atomic mass is 9.82. The fraction of sp³-hybridized carbons (Fsp3) is 0.280. The van der Waals surface area contributed by atoms with Crippen molar-refractivity contribution in [2.75, 3.05) is 13.1 Å². The molecule has 0 saturated carbocycles. The second kappa shape index (κ2) is 10.9. The fourth-order valence-corrected chi connectivity index (χ4v) is 4.90. The van der Waals surface area contributed by atoms with Crippen LogP contribution in [-0.4, -0.2) is 19.2 Å². The minimum Gasteiger partial charge on any atom is -0.369 e. The molecule has 3 nitrogen and oxygen atoms in total. The molecule has 1 N–H and O–H groups in total. The van der Waals surface area contributed by atoms with E-state index in [0.717, 1.165) is 34.1 Å². The van der Waals surface area contributed by atoms with Crippen molar-refractivity contribution in [3.8, 4) is 0 Å². The highest BCUT2D eigenvalue weighted by Gasteiger charge is 2.44. The molecule has 0 aromatic heterocycles. The second-order valence-electron chi connectivity index (χ2n) is 7.82. The minimum absolute atomic E-state index is 0.209. The number of ether oxygens (including phenoxy) is 2. The van der Waals surface area contributed by atoms with Gasteiger partial charge in [0.1, 0.15) is 11.7 Å². The molecule has 1 saturated heterocycles. The van der Waals surface area contributed by atoms with E-state index in [4.69, 9.17) is 44.3 Å². The Hall–Kier alpha value is -1.11. The Balaban J connectivity index is 1.61. The predicted octanol–water partition coefficient (Wildman–Crippen LogP) is 7.40. The van der Waals surface area contributed by atoms with Gasteiger partial charge in [-0.2, -0.15) is 0 Å². The number of halogens is 4. The van der Waals surface area contributed by atoms with E-state index in [1.165, 1.54) is 0 Å². The van der Waals surface area contributed by atoms with E-state index >= 15 is 0 Å². The third-order valence-corrected chi connectivity index (χ3v) is 7.16. The molecule has 0 spiro atoms. The van der Waals surface area contributed by atoms with Gasteiger partial charge < -0.3 is 14.8 Å². The molecule has 0 amide bonds. The molecule has 1 heterocycles. The van der Waals surface area contributed by atoms with Gasteiger partial charge >= 0.3 is 0 Å². The van der Waals surface area contributed by atoms with Crippen LogP contribution < -0.4 is 5.32 Å². The molecule has 3 aromatic rings. The van der Waals surface area contributed by atoms with Gasteiger partial charge in [0.15, 0.2) is 0 Å². The number of rotatable bonds is 7. The first-order chi connectivity index (χ1) is 15.5. The van der Waals surface area contributed by atoms with Gasteiger partial charge in [-0.3, -0.25) is 0 Å². The Morgan fingerprint density at radius 2 is 1.69 bits per heavy atom. The van der Waals surface area contributed by atoms with Gasteiger partial charge in [-0.25, -0.2) is 0 Å². The zero-order chi connectivity index (χ0) is 22.6. The number of piperidine rings is 1. The summed E-state index contributed by atoms with van der Waals surface area (Å²) < 4.78 is 14.2. The fourth-order valence-electron chi connectivity index (χ4n) is 4.00. The van der Waals surface area contributed by atoms with Crippen molar-refractivity contribution >= 4 is 50.7 Å². The molecule has 7 heteroatoms. The predicted molar refractivity (Wildman–Crippen MR) is 135 cm³/mol. The highest BCUT2D eigenvalue weighted by Crippen LogP contribution is 2.39. The number of hydrogen-bond acceptors (Lipinski definition) is 3. The highest BCUT2D eigenvalue weighted by atomic mass is 79.9. The van der Waals surface area contributed by atoms with Gasteiger partial charge in [-0.05, 0) is 66.1 Å². The summed E-state index contributed by atoms with van der Waals surface area (Å²) in [6.07, 6.45) is 0.563. The van der Waals surface area contributed by atoms with Crippen molar-refractivity contribution in [1.29, 1.82) is 0 Å². The summed E-state index contributed by atoms with van der Waals surface area (Å²) in [5, 5.41) is 5.19. The zero-order valence-corrected chi connectivity index (χ0v) is 21.1. The van der Waals surface area contributed by atoms with E-state index in [1.54, 1.807) is 6.07 Å². The van der Waals surface area contributed by atoms with Crippen molar-refractivity contribution in [1.82, 2.24) is 5.32 Å². The quantitative estimate of drug-likeness (QED) is 0.330. The molecule has 0 radical (unpaired) electrons. The summed E-state index contributed by atoms with van der Waals surface area (Å²) in [5.41, 5.74) is 2.49. The van der Waals surface area contributed by atoms with E-state index < -0.39 is 5.60 Å². The summed E-state index contributed by atoms with van der Waals surface area (Å²) in [5.74, 6) is 0. The summed E-state index contributed by atoms with van der Waals surface area (Å²) in [7, 11) is 0. The third kappa shape index (κ3) is 5.68. The standard InChI is InChI=1S/C25H23BrCl3NO2/c26-20-3-1-2-17(12-20)16-32-25(19-5-7-21(27)8-6-19)10-11-30-14-24(25)31-15-18-4-9-22(28)23(29)13-18/h1-9,12-13,24,30H,10-11,14-16H2. The van der Waals surface area contributed by atoms with Crippen molar-refractivity contribution in [3.63, 3.8) is 0 Å². The summed E-state index contributed by atoms with van der Waals surface area (Å²) >= 11 is 22.0. The second-order valence-corrected chi connectivity index (χ2v) is 9.98. The molecule has 2 unspecified atom stereocenters. The monoisotopic (exact) mass is 553 g/mol. The summed E-state index contributed by atoms with van der Waals surface area (Å²) in [4.78, 5) is 0. The Morgan fingerprint density at radius 1 is 0.906 bits per heavy atom. The van der Waals surface area contributed by atoms with Gasteiger partial charge in [0, 0.05) is 16.0 Å². The lowest BCUT2D eigenvalue weighted by molar-refractivity contribution is -0.176. The van der Waals surface area contributed by atoms with Crippen LogP contribution in [0.25, 0.3) is 0 Å². The van der Waals surface area contributed by atoms with E-state index in [1.807, 2.05) is 48.5 Å². The van der Waals surface area contributed by atoms with Crippen molar-refractivity contribution < 1.29 is 9.47 Å². The zero-order valence-electron chi connectivity index (χ0n) is 17.3. The van der Waals surface area contributed by atoms with Crippen LogP contribution in [0.15, 0.2) is 71.2 Å². The molecular weight excluding hydrogens is 533 g/mol. The Morgan fingerprint density at radius 3 is 2.44 bits per heavy atom. The van der Waals surface area contributed by atoms with Gasteiger partial charge in [-0.15, -0.1) is 0 Å². The largest absolute Gasteiger partial charge is 0.369 e. The summed E-state index contributed by atoms with van der Waals surface area (Å²) in [6, 6.07) is 21.6. The average Bonchev–Trinajstić information content (AvgIpc) is 2.79. The SMILES string of the molecule is Clc1ccc(C2(OCc3cccc(Br)c3)CCNCC2OCc2ccc(Cl)c(Cl)c2)cc1. The first-order valence-corrected chi connectivity index (χ1v) is 12.3. The van der Waals surface area contributed by atoms with Crippen LogP contribution in [0.5, 0.6) is 0 Å². The van der Waals surface area contributed by atoms with Crippen LogP contribution in [0.3, 0.4) is 0 Å². The number of hydrogen-bond donors (Lipinski definition) is 1. The molecule has 168 valence electrons. The maximum atomic E-state index is 6.71. The lowest BCUT2D eigenvalue weighted by Gasteiger charge is -2.44. The van der Waals surface area contributed by atoms with Gasteiger partial charge in [0.2, 0.25) is 0 Å². The van der Waals surface area contributed by atoms with E-state index in [0.29, 0.717) is 34.8 Å². The van der Waals surface area contributed by atoms with Crippen molar-refractivity contribution in [3.05, 3.63) is 103 Å². The molecule has 0 bridgehead atoms. The number of nitrogens with one attached hydrogen (secondary N) is 1. The number of benzene rings is 3. The summed E-state index contributed by atoms with van der Waals surface area (Å²) in [6.45, 7) is 2.36. The Kier molecular flexibility index (Phi) is 8.17. The van der Waals surface area contributed by atoms with Crippen LogP contribution >= 0.6 is 50.7 Å². The molecule has 4 rings (SSSR count). The topological polar surface area (TPSA) is 30.5 Å². The molecule has 0 aliphatic carbocycles. The van der Waals surface area contributed by atoms with Crippen LogP contribution in [0.4, 0.5) is 0 Å². The van der Waals surface area contributed by atoms with Crippen LogP contribution in [0, 0.1) is 0 Å². The van der Waals surface area contributed by atoms with Crippen molar-refractivity contribution in [2.24, 2.45) is 0 Å². The van der Waals surface area contributed by atoms with Gasteiger partial charge in [-0.1, -0.05) is 81.1 Å². The highest BCUT2D eigenvalue weighted by molar-refractivity contribution is 9.10. The molecule has 1 aliphatic rings. The van der Waals surface area contributed by atoms with Crippen LogP contribution in [0.2, 0.25) is 15.1 Å². The molecule has 3 aromatic carbocycles. The molecule has 1 aliphatic heterocycles. The average molecular weight is 556 g/mol.